The molecule has 2 aromatic carbocycles. The molecule has 2 rings (SSSR count). The molecule has 0 radical (unpaired) electrons. The number of methoxy groups -OCH3 is 2. The Bertz CT molecular complexity index is 543. The molecule has 0 amide bonds. The molecule has 0 aliphatic rings. The van der Waals surface area contributed by atoms with E-state index in [0.29, 0.717) is 0 Å². The summed E-state index contributed by atoms with van der Waals surface area (Å²) in [6.45, 7) is 0.985. The van der Waals surface area contributed by atoms with Gasteiger partial charge in [-0.15, -0.1) is 12.4 Å². The summed E-state index contributed by atoms with van der Waals surface area (Å²) in [5.74, 6) is 1.55. The predicted octanol–water partition coefficient (Wildman–Crippen LogP) is 3.04. The minimum atomic E-state index is 0. The van der Waals surface area contributed by atoms with Crippen molar-refractivity contribution in [1.29, 1.82) is 0 Å². The van der Waals surface area contributed by atoms with Crippen LogP contribution in [0.3, 0.4) is 0 Å². The number of rotatable bonds is 5. The lowest BCUT2D eigenvalue weighted by Crippen LogP contribution is -2.10. The van der Waals surface area contributed by atoms with Crippen LogP contribution >= 0.6 is 12.4 Å². The summed E-state index contributed by atoms with van der Waals surface area (Å²) in [7, 11) is 5.29. The van der Waals surface area contributed by atoms with E-state index in [0.717, 1.165) is 24.5 Å². The lowest BCUT2D eigenvalue weighted by molar-refractivity contribution is 0.356. The van der Waals surface area contributed by atoms with Crippen LogP contribution in [0.25, 0.3) is 10.8 Å². The molecule has 1 N–H and O–H groups in total. The fourth-order valence-electron chi connectivity index (χ4n) is 2.05. The zero-order valence-corrected chi connectivity index (χ0v) is 12.3. The van der Waals surface area contributed by atoms with Gasteiger partial charge in [0.25, 0.3) is 0 Å². The molecule has 0 aliphatic heterocycles. The topological polar surface area (TPSA) is 30.5 Å². The average Bonchev–Trinajstić information content (AvgIpc) is 2.43. The van der Waals surface area contributed by atoms with Gasteiger partial charge in [-0.25, -0.2) is 0 Å². The Hall–Kier alpha value is -1.45. The summed E-state index contributed by atoms with van der Waals surface area (Å²) in [6.07, 6.45) is 1.03. The van der Waals surface area contributed by atoms with Gasteiger partial charge in [-0.3, -0.25) is 0 Å². The predicted molar refractivity (Wildman–Crippen MR) is 81.9 cm³/mol. The van der Waals surface area contributed by atoms with Crippen molar-refractivity contribution in [3.8, 4) is 11.5 Å². The molecule has 0 heterocycles. The third kappa shape index (κ3) is 3.52. The fourth-order valence-corrected chi connectivity index (χ4v) is 2.05. The van der Waals surface area contributed by atoms with Gasteiger partial charge in [-0.05, 0) is 48.5 Å². The van der Waals surface area contributed by atoms with Crippen molar-refractivity contribution in [3.05, 3.63) is 35.9 Å². The number of nitrogens with one attached hydrogen (secondary N) is 1. The van der Waals surface area contributed by atoms with Crippen LogP contribution in [0.15, 0.2) is 30.3 Å². The summed E-state index contributed by atoms with van der Waals surface area (Å²) in [5.41, 5.74) is 1.32. The second-order valence-corrected chi connectivity index (χ2v) is 4.24. The maximum Gasteiger partial charge on any atom is 0.161 e. The lowest BCUT2D eigenvalue weighted by atomic mass is 10.0. The minimum absolute atomic E-state index is 0. The van der Waals surface area contributed by atoms with Gasteiger partial charge in [0.15, 0.2) is 11.5 Å². The zero-order valence-electron chi connectivity index (χ0n) is 11.5. The van der Waals surface area contributed by atoms with Crippen LogP contribution in [0, 0.1) is 0 Å². The van der Waals surface area contributed by atoms with Gasteiger partial charge < -0.3 is 14.8 Å². The van der Waals surface area contributed by atoms with E-state index in [1.165, 1.54) is 16.3 Å². The molecule has 104 valence electrons. The van der Waals surface area contributed by atoms with Gasteiger partial charge in [0, 0.05) is 0 Å². The first-order valence-corrected chi connectivity index (χ1v) is 6.07. The molecular weight excluding hydrogens is 262 g/mol. The van der Waals surface area contributed by atoms with E-state index in [-0.39, 0.29) is 12.4 Å². The van der Waals surface area contributed by atoms with Gasteiger partial charge in [0.05, 0.1) is 14.2 Å². The highest BCUT2D eigenvalue weighted by Crippen LogP contribution is 2.32. The Kier molecular flexibility index (Phi) is 5.93. The van der Waals surface area contributed by atoms with Gasteiger partial charge in [0.1, 0.15) is 0 Å². The number of likely N-dealkylation sites (N-methyl/N-ethyl adjacent to an activating group) is 1. The van der Waals surface area contributed by atoms with Crippen molar-refractivity contribution in [1.82, 2.24) is 5.32 Å². The maximum absolute atomic E-state index is 5.33. The molecule has 0 spiro atoms. The van der Waals surface area contributed by atoms with Crippen LogP contribution in [0.4, 0.5) is 0 Å². The molecule has 2 aromatic rings. The van der Waals surface area contributed by atoms with Crippen LogP contribution < -0.4 is 14.8 Å². The van der Waals surface area contributed by atoms with Crippen LogP contribution in [0.2, 0.25) is 0 Å². The van der Waals surface area contributed by atoms with E-state index in [9.17, 15) is 0 Å². The van der Waals surface area contributed by atoms with Crippen molar-refractivity contribution >= 4 is 23.2 Å². The second kappa shape index (κ2) is 7.22. The third-order valence-electron chi connectivity index (χ3n) is 3.07. The normalized spacial score (nSPS) is 10.1. The molecule has 4 heteroatoms. The summed E-state index contributed by atoms with van der Waals surface area (Å²) in [6, 6.07) is 10.5. The van der Waals surface area contributed by atoms with Crippen LogP contribution in [0.1, 0.15) is 5.56 Å². The first-order valence-electron chi connectivity index (χ1n) is 6.07. The minimum Gasteiger partial charge on any atom is -0.493 e. The van der Waals surface area contributed by atoms with Crippen LogP contribution in [0.5, 0.6) is 11.5 Å². The first-order chi connectivity index (χ1) is 8.78. The van der Waals surface area contributed by atoms with E-state index in [2.05, 4.69) is 23.5 Å². The summed E-state index contributed by atoms with van der Waals surface area (Å²) in [4.78, 5) is 0. The summed E-state index contributed by atoms with van der Waals surface area (Å²) >= 11 is 0. The van der Waals surface area contributed by atoms with Crippen molar-refractivity contribution < 1.29 is 9.47 Å². The Morgan fingerprint density at radius 2 is 1.58 bits per heavy atom. The molecule has 0 aliphatic carbocycles. The van der Waals surface area contributed by atoms with Gasteiger partial charge >= 0.3 is 0 Å². The Morgan fingerprint density at radius 3 is 2.16 bits per heavy atom. The third-order valence-corrected chi connectivity index (χ3v) is 3.07. The van der Waals surface area contributed by atoms with Crippen LogP contribution in [-0.4, -0.2) is 27.8 Å². The molecule has 3 nitrogen and oxygen atoms in total. The van der Waals surface area contributed by atoms with E-state index in [1.807, 2.05) is 19.2 Å². The van der Waals surface area contributed by atoms with Crippen molar-refractivity contribution in [2.24, 2.45) is 0 Å². The van der Waals surface area contributed by atoms with Crippen LogP contribution in [-0.2, 0) is 6.42 Å². The number of hydrogen-bond acceptors (Lipinski definition) is 3. The monoisotopic (exact) mass is 281 g/mol. The van der Waals surface area contributed by atoms with E-state index >= 15 is 0 Å². The molecule has 0 unspecified atom stereocenters. The molecule has 0 saturated carbocycles. The quantitative estimate of drug-likeness (QED) is 0.914. The fraction of sp³-hybridized carbons (Fsp3) is 0.333. The van der Waals surface area contributed by atoms with Crippen molar-refractivity contribution in [2.45, 2.75) is 6.42 Å². The largest absolute Gasteiger partial charge is 0.493 e. The second-order valence-electron chi connectivity index (χ2n) is 4.24. The molecule has 0 fully saturated rings. The van der Waals surface area contributed by atoms with E-state index in [1.54, 1.807) is 14.2 Å². The molecule has 0 saturated heterocycles. The van der Waals surface area contributed by atoms with Crippen molar-refractivity contribution in [3.63, 3.8) is 0 Å². The SMILES string of the molecule is CNCCc1ccc2cc(OC)c(OC)cc2c1.Cl. The number of hydrogen-bond donors (Lipinski definition) is 1. The van der Waals surface area contributed by atoms with Gasteiger partial charge in [-0.2, -0.15) is 0 Å². The molecule has 0 bridgehead atoms. The number of fused-ring (bicyclic) bond motifs is 1. The molecule has 0 aromatic heterocycles. The highest BCUT2D eigenvalue weighted by atomic mass is 35.5. The maximum atomic E-state index is 5.33. The number of halogens is 1. The first kappa shape index (κ1) is 15.6. The van der Waals surface area contributed by atoms with Gasteiger partial charge in [-0.1, -0.05) is 18.2 Å². The Labute approximate surface area is 120 Å². The van der Waals surface area contributed by atoms with Gasteiger partial charge in [0.2, 0.25) is 0 Å². The Balaban J connectivity index is 0.00000180. The lowest BCUT2D eigenvalue weighted by Gasteiger charge is -2.10. The zero-order chi connectivity index (χ0) is 13.0. The Morgan fingerprint density at radius 1 is 0.947 bits per heavy atom. The summed E-state index contributed by atoms with van der Waals surface area (Å²) < 4.78 is 10.6. The number of benzene rings is 2. The highest BCUT2D eigenvalue weighted by Gasteiger charge is 2.06. The van der Waals surface area contributed by atoms with E-state index < -0.39 is 0 Å². The number of ether oxygens (including phenoxy) is 2. The van der Waals surface area contributed by atoms with E-state index in [4.69, 9.17) is 9.47 Å². The smallest absolute Gasteiger partial charge is 0.161 e. The highest BCUT2D eigenvalue weighted by molar-refractivity contribution is 5.86. The molecular formula is C15H20ClNO2. The standard InChI is InChI=1S/C15H19NO2.ClH/c1-16-7-6-11-4-5-12-9-14(17-2)15(18-3)10-13(12)8-11;/h4-5,8-10,16H,6-7H2,1-3H3;1H. The summed E-state index contributed by atoms with van der Waals surface area (Å²) in [5, 5.41) is 5.51. The van der Waals surface area contributed by atoms with Crippen molar-refractivity contribution in [2.75, 3.05) is 27.8 Å². The molecule has 19 heavy (non-hydrogen) atoms. The average molecular weight is 282 g/mol. The molecule has 0 atom stereocenters.